The molecule has 30 heavy (non-hydrogen) atoms. The van der Waals surface area contributed by atoms with Gasteiger partial charge >= 0.3 is 0 Å². The van der Waals surface area contributed by atoms with E-state index in [9.17, 15) is 4.79 Å². The van der Waals surface area contributed by atoms with Crippen molar-refractivity contribution in [1.29, 1.82) is 0 Å². The molecule has 0 aliphatic carbocycles. The van der Waals surface area contributed by atoms with Gasteiger partial charge in [0.25, 0.3) is 5.91 Å². The number of nitrogens with zero attached hydrogens (tertiary/aromatic N) is 3. The minimum atomic E-state index is -0.0603. The number of carbonyl (C=O) groups is 1. The van der Waals surface area contributed by atoms with Crippen LogP contribution in [0.2, 0.25) is 0 Å². The Balaban J connectivity index is 1.51. The molecule has 1 aromatic heterocycles. The molecule has 0 saturated carbocycles. The summed E-state index contributed by atoms with van der Waals surface area (Å²) in [5, 5.41) is 3.31. The van der Waals surface area contributed by atoms with Gasteiger partial charge in [0.1, 0.15) is 5.52 Å². The molecule has 1 unspecified atom stereocenters. The first-order valence-corrected chi connectivity index (χ1v) is 10.4. The summed E-state index contributed by atoms with van der Waals surface area (Å²) >= 11 is 0. The van der Waals surface area contributed by atoms with Gasteiger partial charge in [-0.3, -0.25) is 14.7 Å². The molecule has 1 amide bonds. The third-order valence-corrected chi connectivity index (χ3v) is 5.81. The van der Waals surface area contributed by atoms with Crippen molar-refractivity contribution in [2.24, 2.45) is 10.9 Å². The molecule has 4 heterocycles. The highest BCUT2D eigenvalue weighted by Crippen LogP contribution is 2.32. The fraction of sp³-hybridized carbons (Fsp3) is 0.292. The van der Waals surface area contributed by atoms with Gasteiger partial charge in [-0.1, -0.05) is 25.1 Å². The zero-order chi connectivity index (χ0) is 20.7. The maximum absolute atomic E-state index is 13.3. The average molecular weight is 400 g/mol. The minimum absolute atomic E-state index is 0.0603. The number of nitrogens with one attached hydrogen (secondary N) is 1. The number of allylic oxidation sites excluding steroid dienone is 4. The average Bonchev–Trinajstić information content (AvgIpc) is 3.14. The van der Waals surface area contributed by atoms with Crippen LogP contribution in [0.3, 0.4) is 0 Å². The van der Waals surface area contributed by atoms with Crippen LogP contribution in [-0.4, -0.2) is 35.1 Å². The second kappa shape index (κ2) is 7.54. The fourth-order valence-electron chi connectivity index (χ4n) is 4.15. The van der Waals surface area contributed by atoms with Crippen LogP contribution in [0.4, 0.5) is 0 Å². The first-order valence-electron chi connectivity index (χ1n) is 10.4. The predicted octanol–water partition coefficient (Wildman–Crippen LogP) is 4.12. The number of rotatable bonds is 2. The van der Waals surface area contributed by atoms with Gasteiger partial charge in [-0.2, -0.15) is 0 Å². The first kappa shape index (κ1) is 18.8. The molecule has 0 radical (unpaired) electrons. The lowest BCUT2D eigenvalue weighted by Crippen LogP contribution is -2.29. The van der Waals surface area contributed by atoms with Crippen molar-refractivity contribution < 1.29 is 9.21 Å². The summed E-state index contributed by atoms with van der Waals surface area (Å²) in [6, 6.07) is 5.95. The highest BCUT2D eigenvalue weighted by molar-refractivity contribution is 6.02. The fourth-order valence-corrected chi connectivity index (χ4v) is 4.15. The lowest BCUT2D eigenvalue weighted by Gasteiger charge is -2.27. The Morgan fingerprint density at radius 1 is 1.27 bits per heavy atom. The van der Waals surface area contributed by atoms with Gasteiger partial charge in [0.2, 0.25) is 0 Å². The zero-order valence-electron chi connectivity index (χ0n) is 17.2. The van der Waals surface area contributed by atoms with E-state index < -0.39 is 0 Å². The predicted molar refractivity (Wildman–Crippen MR) is 118 cm³/mol. The van der Waals surface area contributed by atoms with Crippen LogP contribution < -0.4 is 5.32 Å². The molecular weight excluding hydrogens is 376 g/mol. The van der Waals surface area contributed by atoms with Crippen LogP contribution in [0.1, 0.15) is 31.2 Å². The number of amides is 1. The second-order valence-corrected chi connectivity index (χ2v) is 7.95. The molecule has 5 rings (SSSR count). The molecule has 6 heteroatoms. The Bertz CT molecular complexity index is 1180. The highest BCUT2D eigenvalue weighted by atomic mass is 16.3. The smallest absolute Gasteiger partial charge is 0.255 e. The summed E-state index contributed by atoms with van der Waals surface area (Å²) in [4.78, 5) is 24.0. The third kappa shape index (κ3) is 3.44. The lowest BCUT2D eigenvalue weighted by molar-refractivity contribution is -0.121. The lowest BCUT2D eigenvalue weighted by atomic mass is 9.89. The van der Waals surface area contributed by atoms with Crippen molar-refractivity contribution in [2.45, 2.75) is 26.7 Å². The van der Waals surface area contributed by atoms with Gasteiger partial charge in [-0.25, -0.2) is 4.98 Å². The monoisotopic (exact) mass is 400 g/mol. The molecule has 3 aliphatic rings. The van der Waals surface area contributed by atoms with E-state index in [1.165, 1.54) is 5.57 Å². The van der Waals surface area contributed by atoms with Gasteiger partial charge in [-0.05, 0) is 54.1 Å². The minimum Gasteiger partial charge on any atom is -0.441 e. The Hall–Kier alpha value is -3.25. The van der Waals surface area contributed by atoms with Gasteiger partial charge in [0.15, 0.2) is 11.5 Å². The van der Waals surface area contributed by atoms with Crippen molar-refractivity contribution in [3.63, 3.8) is 0 Å². The molecule has 0 saturated heterocycles. The topological polar surface area (TPSA) is 70.7 Å². The largest absolute Gasteiger partial charge is 0.441 e. The van der Waals surface area contributed by atoms with Gasteiger partial charge in [0.05, 0.1) is 17.6 Å². The quantitative estimate of drug-likeness (QED) is 0.823. The van der Waals surface area contributed by atoms with Crippen LogP contribution >= 0.6 is 0 Å². The number of hydrogen-bond donors (Lipinski definition) is 1. The van der Waals surface area contributed by atoms with Crippen molar-refractivity contribution in [3.8, 4) is 0 Å². The molecule has 1 aromatic carbocycles. The van der Waals surface area contributed by atoms with E-state index in [0.29, 0.717) is 5.89 Å². The normalized spacial score (nSPS) is 22.0. The number of oxazole rings is 1. The summed E-state index contributed by atoms with van der Waals surface area (Å²) < 4.78 is 5.70. The van der Waals surface area contributed by atoms with Crippen molar-refractivity contribution in [3.05, 3.63) is 71.0 Å². The van der Waals surface area contributed by atoms with E-state index in [4.69, 9.17) is 4.42 Å². The summed E-state index contributed by atoms with van der Waals surface area (Å²) in [6.07, 6.45) is 11.4. The number of carbonyl (C=O) groups excluding carboxylic acids is 1. The number of benzene rings is 1. The van der Waals surface area contributed by atoms with E-state index in [1.54, 1.807) is 11.0 Å². The Morgan fingerprint density at radius 2 is 2.17 bits per heavy atom. The van der Waals surface area contributed by atoms with Crippen LogP contribution in [0, 0.1) is 12.8 Å². The molecular formula is C24H24N4O2. The summed E-state index contributed by atoms with van der Waals surface area (Å²) in [5.41, 5.74) is 6.46. The van der Waals surface area contributed by atoms with E-state index in [2.05, 4.69) is 34.4 Å². The summed E-state index contributed by atoms with van der Waals surface area (Å²) in [6.45, 7) is 5.75. The maximum atomic E-state index is 13.3. The molecule has 0 bridgehead atoms. The van der Waals surface area contributed by atoms with E-state index in [0.717, 1.165) is 59.6 Å². The number of fused-ring (bicyclic) bond motifs is 2. The van der Waals surface area contributed by atoms with E-state index in [-0.39, 0.29) is 11.8 Å². The van der Waals surface area contributed by atoms with Crippen molar-refractivity contribution >= 4 is 28.8 Å². The maximum Gasteiger partial charge on any atom is 0.255 e. The molecule has 0 spiro atoms. The second-order valence-electron chi connectivity index (χ2n) is 7.95. The van der Waals surface area contributed by atoms with Crippen LogP contribution in [0.15, 0.2) is 69.0 Å². The molecule has 0 fully saturated rings. The van der Waals surface area contributed by atoms with Crippen LogP contribution in [-0.2, 0) is 4.79 Å². The van der Waals surface area contributed by atoms with E-state index in [1.807, 2.05) is 37.5 Å². The first-order chi connectivity index (χ1) is 14.6. The van der Waals surface area contributed by atoms with E-state index >= 15 is 0 Å². The van der Waals surface area contributed by atoms with Crippen molar-refractivity contribution in [2.75, 3.05) is 13.1 Å². The van der Waals surface area contributed by atoms with Gasteiger partial charge < -0.3 is 9.73 Å². The molecule has 6 nitrogen and oxygen atoms in total. The van der Waals surface area contributed by atoms with Crippen LogP contribution in [0.25, 0.3) is 16.7 Å². The SMILES string of the molecule is Cc1nc2ccc(C3=CC(=O)N4C=C(C5=CCNCC5)N=CC4=CCC3C)cc2o1. The summed E-state index contributed by atoms with van der Waals surface area (Å²) in [7, 11) is 0. The Kier molecular flexibility index (Phi) is 4.71. The molecule has 152 valence electrons. The van der Waals surface area contributed by atoms with Crippen molar-refractivity contribution in [1.82, 2.24) is 15.2 Å². The third-order valence-electron chi connectivity index (χ3n) is 5.81. The van der Waals surface area contributed by atoms with Crippen LogP contribution in [0.5, 0.6) is 0 Å². The van der Waals surface area contributed by atoms with Gasteiger partial charge in [0, 0.05) is 25.7 Å². The van der Waals surface area contributed by atoms with Gasteiger partial charge in [-0.15, -0.1) is 0 Å². The Labute approximate surface area is 175 Å². The standard InChI is InChI=1S/C24H24N4O2/c1-15-3-5-19-13-26-22(17-7-9-25-10-8-17)14-28(19)24(29)12-20(15)18-4-6-21-23(11-18)30-16(2)27-21/h4-7,11-15,25H,3,8-10H2,1-2H3. The summed E-state index contributed by atoms with van der Waals surface area (Å²) in [5.74, 6) is 0.772. The number of aryl methyl sites for hydroxylation is 1. The highest BCUT2D eigenvalue weighted by Gasteiger charge is 2.24. The zero-order valence-corrected chi connectivity index (χ0v) is 17.2. The molecule has 3 aliphatic heterocycles. The number of aliphatic imine (C=N–C) groups is 1. The number of aromatic nitrogens is 1. The molecule has 1 atom stereocenters. The molecule has 2 aromatic rings. The molecule has 1 N–H and O–H groups in total. The number of hydrogen-bond acceptors (Lipinski definition) is 5. The Morgan fingerprint density at radius 3 is 3.00 bits per heavy atom.